The molecule has 0 radical (unpaired) electrons. The third kappa shape index (κ3) is 4.14. The first-order valence-corrected chi connectivity index (χ1v) is 10.1. The number of nitrogens with zero attached hydrogens (tertiary/aromatic N) is 2. The molecular weight excluding hydrogens is 396 g/mol. The molecule has 0 fully saturated rings. The summed E-state index contributed by atoms with van der Waals surface area (Å²) in [5.41, 5.74) is 3.94. The number of rotatable bonds is 5. The summed E-state index contributed by atoms with van der Waals surface area (Å²) in [6.45, 7) is 4.55. The van der Waals surface area contributed by atoms with Crippen molar-refractivity contribution >= 4 is 35.1 Å². The normalized spacial score (nSPS) is 14.9. The summed E-state index contributed by atoms with van der Waals surface area (Å²) in [6.07, 6.45) is 1.80. The van der Waals surface area contributed by atoms with E-state index in [1.54, 1.807) is 23.1 Å². The lowest BCUT2D eigenvalue weighted by molar-refractivity contribution is -0.113. The maximum Gasteiger partial charge on any atom is 0.282 e. The highest BCUT2D eigenvalue weighted by Crippen LogP contribution is 2.29. The highest BCUT2D eigenvalue weighted by Gasteiger charge is 2.32. The Balaban J connectivity index is 1.76. The Morgan fingerprint density at radius 3 is 2.43 bits per heavy atom. The van der Waals surface area contributed by atoms with Crippen LogP contribution in [0.1, 0.15) is 23.6 Å². The van der Waals surface area contributed by atoms with Crippen molar-refractivity contribution in [2.45, 2.75) is 13.8 Å². The van der Waals surface area contributed by atoms with E-state index in [4.69, 9.17) is 21.3 Å². The largest absolute Gasteiger partial charge is 0.494 e. The molecule has 4 rings (SSSR count). The predicted octanol–water partition coefficient (Wildman–Crippen LogP) is 5.88. The summed E-state index contributed by atoms with van der Waals surface area (Å²) in [5, 5.41) is 0.635. The van der Waals surface area contributed by atoms with E-state index in [0.29, 0.717) is 23.2 Å². The maximum absolute atomic E-state index is 13.3. The van der Waals surface area contributed by atoms with E-state index < -0.39 is 0 Å². The van der Waals surface area contributed by atoms with Crippen molar-refractivity contribution in [2.75, 3.05) is 11.5 Å². The highest BCUT2D eigenvalue weighted by molar-refractivity contribution is 6.34. The molecule has 3 aromatic carbocycles. The fourth-order valence-corrected chi connectivity index (χ4v) is 3.43. The quantitative estimate of drug-likeness (QED) is 0.487. The fourth-order valence-electron chi connectivity index (χ4n) is 3.30. The molecule has 3 aromatic rings. The van der Waals surface area contributed by atoms with Crippen molar-refractivity contribution in [3.8, 4) is 5.75 Å². The maximum atomic E-state index is 13.3. The molecule has 5 heteroatoms. The molecule has 0 saturated carbocycles. The van der Waals surface area contributed by atoms with Gasteiger partial charge >= 0.3 is 0 Å². The lowest BCUT2D eigenvalue weighted by atomic mass is 10.1. The third-order valence-corrected chi connectivity index (χ3v) is 4.97. The Bertz CT molecular complexity index is 1130. The van der Waals surface area contributed by atoms with Crippen LogP contribution < -0.4 is 9.64 Å². The molecule has 1 heterocycles. The Hall–Kier alpha value is -3.37. The highest BCUT2D eigenvalue weighted by atomic mass is 35.5. The predicted molar refractivity (Wildman–Crippen MR) is 122 cm³/mol. The summed E-state index contributed by atoms with van der Waals surface area (Å²) in [6, 6.07) is 22.8. The second kappa shape index (κ2) is 8.56. The zero-order valence-corrected chi connectivity index (χ0v) is 17.6. The van der Waals surface area contributed by atoms with Gasteiger partial charge in [-0.2, -0.15) is 0 Å². The minimum Gasteiger partial charge on any atom is -0.494 e. The van der Waals surface area contributed by atoms with Gasteiger partial charge in [0.05, 0.1) is 12.3 Å². The molecule has 0 unspecified atom stereocenters. The second-order valence-corrected chi connectivity index (χ2v) is 7.39. The van der Waals surface area contributed by atoms with Crippen LogP contribution >= 0.6 is 11.6 Å². The van der Waals surface area contributed by atoms with Crippen molar-refractivity contribution in [3.05, 3.63) is 100 Å². The number of amidine groups is 1. The monoisotopic (exact) mass is 416 g/mol. The van der Waals surface area contributed by atoms with Crippen LogP contribution in [0.5, 0.6) is 5.75 Å². The van der Waals surface area contributed by atoms with Gasteiger partial charge in [0.2, 0.25) is 0 Å². The van der Waals surface area contributed by atoms with E-state index in [9.17, 15) is 4.79 Å². The summed E-state index contributed by atoms with van der Waals surface area (Å²) in [4.78, 5) is 19.7. The number of anilines is 1. The smallest absolute Gasteiger partial charge is 0.282 e. The standard InChI is InChI=1S/C25H21ClN2O2/c1-3-30-22-13-7-18(8-14-22)16-23-25(29)28(21-6-4-5-17(2)15-21)24(27-23)19-9-11-20(26)12-10-19/h4-16H,3H2,1-2H3/b23-16+. The zero-order chi connectivity index (χ0) is 21.1. The van der Waals surface area contributed by atoms with E-state index in [2.05, 4.69) is 0 Å². The van der Waals surface area contributed by atoms with Crippen LogP contribution in [0.2, 0.25) is 5.02 Å². The number of halogens is 1. The molecule has 0 N–H and O–H groups in total. The summed E-state index contributed by atoms with van der Waals surface area (Å²) in [5.74, 6) is 1.21. The molecule has 0 saturated heterocycles. The number of carbonyl (C=O) groups is 1. The SMILES string of the molecule is CCOc1ccc(/C=C2/N=C(c3ccc(Cl)cc3)N(c3cccc(C)c3)C2=O)cc1. The van der Waals surface area contributed by atoms with Crippen molar-refractivity contribution in [1.82, 2.24) is 0 Å². The Morgan fingerprint density at radius 1 is 1.03 bits per heavy atom. The molecular formula is C25H21ClN2O2. The molecule has 0 bridgehead atoms. The van der Waals surface area contributed by atoms with Crippen molar-refractivity contribution in [2.24, 2.45) is 4.99 Å². The average molecular weight is 417 g/mol. The Kier molecular flexibility index (Phi) is 5.68. The van der Waals surface area contributed by atoms with Crippen LogP contribution in [-0.4, -0.2) is 18.3 Å². The van der Waals surface area contributed by atoms with E-state index in [0.717, 1.165) is 28.1 Å². The van der Waals surface area contributed by atoms with Gasteiger partial charge in [0, 0.05) is 10.6 Å². The van der Waals surface area contributed by atoms with Gasteiger partial charge < -0.3 is 4.74 Å². The molecule has 1 aliphatic heterocycles. The number of ether oxygens (including phenoxy) is 1. The van der Waals surface area contributed by atoms with Crippen LogP contribution in [0, 0.1) is 6.92 Å². The van der Waals surface area contributed by atoms with Gasteiger partial charge in [-0.05, 0) is 79.6 Å². The molecule has 1 amide bonds. The molecule has 30 heavy (non-hydrogen) atoms. The summed E-state index contributed by atoms with van der Waals surface area (Å²) >= 11 is 6.05. The minimum absolute atomic E-state index is 0.167. The average Bonchev–Trinajstić information content (AvgIpc) is 3.06. The number of aryl methyl sites for hydroxylation is 1. The number of hydrogen-bond donors (Lipinski definition) is 0. The van der Waals surface area contributed by atoms with E-state index in [1.807, 2.05) is 74.5 Å². The van der Waals surface area contributed by atoms with Crippen LogP contribution in [0.4, 0.5) is 5.69 Å². The van der Waals surface area contributed by atoms with Crippen LogP contribution in [-0.2, 0) is 4.79 Å². The lowest BCUT2D eigenvalue weighted by Gasteiger charge is -2.19. The second-order valence-electron chi connectivity index (χ2n) is 6.95. The first-order valence-electron chi connectivity index (χ1n) is 9.75. The van der Waals surface area contributed by atoms with E-state index >= 15 is 0 Å². The van der Waals surface area contributed by atoms with Crippen molar-refractivity contribution in [1.29, 1.82) is 0 Å². The number of benzene rings is 3. The Labute approximate surface area is 181 Å². The lowest BCUT2D eigenvalue weighted by Crippen LogP contribution is -2.32. The van der Waals surface area contributed by atoms with Crippen molar-refractivity contribution in [3.63, 3.8) is 0 Å². The minimum atomic E-state index is -0.167. The van der Waals surface area contributed by atoms with Gasteiger partial charge in [-0.25, -0.2) is 4.99 Å². The van der Waals surface area contributed by atoms with E-state index in [-0.39, 0.29) is 5.91 Å². The number of hydrogen-bond acceptors (Lipinski definition) is 3. The van der Waals surface area contributed by atoms with Crippen LogP contribution in [0.25, 0.3) is 6.08 Å². The molecule has 4 nitrogen and oxygen atoms in total. The Morgan fingerprint density at radius 2 is 1.77 bits per heavy atom. The topological polar surface area (TPSA) is 41.9 Å². The first-order chi connectivity index (χ1) is 14.5. The fraction of sp³-hybridized carbons (Fsp3) is 0.120. The zero-order valence-electron chi connectivity index (χ0n) is 16.8. The molecule has 0 spiro atoms. The first kappa shape index (κ1) is 19.9. The van der Waals surface area contributed by atoms with Gasteiger partial charge in [-0.15, -0.1) is 0 Å². The molecule has 0 aliphatic carbocycles. The van der Waals surface area contributed by atoms with Gasteiger partial charge in [0.1, 0.15) is 17.3 Å². The van der Waals surface area contributed by atoms with Crippen LogP contribution in [0.3, 0.4) is 0 Å². The third-order valence-electron chi connectivity index (χ3n) is 4.72. The molecule has 0 aromatic heterocycles. The van der Waals surface area contributed by atoms with Crippen LogP contribution in [0.15, 0.2) is 83.5 Å². The van der Waals surface area contributed by atoms with E-state index in [1.165, 1.54) is 0 Å². The number of amides is 1. The molecule has 0 atom stereocenters. The number of carbonyl (C=O) groups excluding carboxylic acids is 1. The van der Waals surface area contributed by atoms with Crippen molar-refractivity contribution < 1.29 is 9.53 Å². The van der Waals surface area contributed by atoms with Gasteiger partial charge in [-0.3, -0.25) is 9.69 Å². The summed E-state index contributed by atoms with van der Waals surface area (Å²) < 4.78 is 5.49. The van der Waals surface area contributed by atoms with Gasteiger partial charge in [0.15, 0.2) is 0 Å². The number of aliphatic imine (C=N–C) groups is 1. The summed E-state index contributed by atoms with van der Waals surface area (Å²) in [7, 11) is 0. The van der Waals surface area contributed by atoms with Gasteiger partial charge in [0.25, 0.3) is 5.91 Å². The van der Waals surface area contributed by atoms with Gasteiger partial charge in [-0.1, -0.05) is 35.9 Å². The molecule has 1 aliphatic rings. The molecule has 150 valence electrons.